The molecule has 2 heterocycles. The second-order valence-corrected chi connectivity index (χ2v) is 3.74. The average Bonchev–Trinajstić information content (AvgIpc) is 2.57. The Balaban J connectivity index is 2.17. The summed E-state index contributed by atoms with van der Waals surface area (Å²) in [4.78, 5) is 2.29. The Morgan fingerprint density at radius 2 is 2.50 bits per heavy atom. The molecule has 4 heteroatoms. The third-order valence-corrected chi connectivity index (χ3v) is 2.64. The maximum Gasteiger partial charge on any atom is 0.0641 e. The van der Waals surface area contributed by atoms with Gasteiger partial charge in [0, 0.05) is 30.8 Å². The van der Waals surface area contributed by atoms with Gasteiger partial charge < -0.3 is 4.90 Å². The lowest BCUT2D eigenvalue weighted by molar-refractivity contribution is 0.307. The third-order valence-electron chi connectivity index (χ3n) is 2.64. The fourth-order valence-electron chi connectivity index (χ4n) is 1.89. The zero-order valence-electron chi connectivity index (χ0n) is 8.40. The van der Waals surface area contributed by atoms with Crippen molar-refractivity contribution < 1.29 is 0 Å². The van der Waals surface area contributed by atoms with Crippen molar-refractivity contribution in [3.8, 4) is 6.07 Å². The van der Waals surface area contributed by atoms with Crippen LogP contribution in [0.5, 0.6) is 0 Å². The van der Waals surface area contributed by atoms with Crippen LogP contribution in [0.25, 0.3) is 0 Å². The molecule has 0 atom stereocenters. The minimum Gasteiger partial charge on any atom is -0.302 e. The molecule has 0 aliphatic carbocycles. The van der Waals surface area contributed by atoms with E-state index in [1.54, 1.807) is 0 Å². The van der Waals surface area contributed by atoms with Crippen molar-refractivity contribution >= 4 is 0 Å². The van der Waals surface area contributed by atoms with Crippen LogP contribution in [-0.2, 0) is 19.5 Å². The lowest BCUT2D eigenvalue weighted by atomic mass is 10.1. The SMILES string of the molecule is CN1CCc2c(cnn2CCC#N)C1. The quantitative estimate of drug-likeness (QED) is 0.692. The van der Waals surface area contributed by atoms with Gasteiger partial charge in [-0.25, -0.2) is 0 Å². The van der Waals surface area contributed by atoms with E-state index in [1.165, 1.54) is 11.3 Å². The molecule has 2 rings (SSSR count). The highest BCUT2D eigenvalue weighted by atomic mass is 15.3. The number of rotatable bonds is 2. The van der Waals surface area contributed by atoms with Crippen molar-refractivity contribution in [2.45, 2.75) is 25.9 Å². The first-order valence-corrected chi connectivity index (χ1v) is 4.90. The summed E-state index contributed by atoms with van der Waals surface area (Å²) in [6.07, 6.45) is 3.53. The van der Waals surface area contributed by atoms with Gasteiger partial charge in [0.05, 0.1) is 25.2 Å². The number of nitrogens with zero attached hydrogens (tertiary/aromatic N) is 4. The van der Waals surface area contributed by atoms with Crippen molar-refractivity contribution in [1.82, 2.24) is 14.7 Å². The Hall–Kier alpha value is -1.34. The molecule has 0 radical (unpaired) electrons. The molecule has 0 spiro atoms. The summed E-state index contributed by atoms with van der Waals surface area (Å²) in [5.74, 6) is 0. The molecule has 0 unspecified atom stereocenters. The summed E-state index contributed by atoms with van der Waals surface area (Å²) in [6.45, 7) is 2.81. The van der Waals surface area contributed by atoms with Crippen molar-refractivity contribution in [1.29, 1.82) is 5.26 Å². The first-order chi connectivity index (χ1) is 6.81. The monoisotopic (exact) mass is 190 g/mol. The topological polar surface area (TPSA) is 44.9 Å². The van der Waals surface area contributed by atoms with E-state index in [9.17, 15) is 0 Å². The summed E-state index contributed by atoms with van der Waals surface area (Å²) in [5.41, 5.74) is 2.63. The van der Waals surface area contributed by atoms with Crippen LogP contribution in [-0.4, -0.2) is 28.3 Å². The van der Waals surface area contributed by atoms with Crippen LogP contribution in [0.2, 0.25) is 0 Å². The van der Waals surface area contributed by atoms with Gasteiger partial charge >= 0.3 is 0 Å². The normalized spacial score (nSPS) is 16.3. The number of hydrogen-bond donors (Lipinski definition) is 0. The Morgan fingerprint density at radius 1 is 1.64 bits per heavy atom. The minimum absolute atomic E-state index is 0.546. The molecule has 0 bridgehead atoms. The fourth-order valence-corrected chi connectivity index (χ4v) is 1.89. The Kier molecular flexibility index (Phi) is 2.51. The summed E-state index contributed by atoms with van der Waals surface area (Å²) < 4.78 is 1.98. The number of aryl methyl sites for hydroxylation is 1. The molecule has 14 heavy (non-hydrogen) atoms. The van der Waals surface area contributed by atoms with Gasteiger partial charge in [-0.1, -0.05) is 0 Å². The minimum atomic E-state index is 0.546. The molecule has 0 N–H and O–H groups in total. The van der Waals surface area contributed by atoms with Gasteiger partial charge in [0.25, 0.3) is 0 Å². The van der Waals surface area contributed by atoms with Crippen LogP contribution >= 0.6 is 0 Å². The van der Waals surface area contributed by atoms with Gasteiger partial charge in [0.15, 0.2) is 0 Å². The molecule has 4 nitrogen and oxygen atoms in total. The van der Waals surface area contributed by atoms with Crippen LogP contribution in [0.3, 0.4) is 0 Å². The van der Waals surface area contributed by atoms with Crippen molar-refractivity contribution in [2.75, 3.05) is 13.6 Å². The van der Waals surface area contributed by atoms with Crippen molar-refractivity contribution in [2.24, 2.45) is 0 Å². The highest BCUT2D eigenvalue weighted by molar-refractivity contribution is 5.20. The summed E-state index contributed by atoms with van der Waals surface area (Å²) in [7, 11) is 2.12. The molecule has 1 aliphatic heterocycles. The fraction of sp³-hybridized carbons (Fsp3) is 0.600. The predicted octanol–water partition coefficient (Wildman–Crippen LogP) is 0.785. The van der Waals surface area contributed by atoms with E-state index >= 15 is 0 Å². The molecule has 1 aromatic heterocycles. The predicted molar refractivity (Wildman–Crippen MR) is 52.5 cm³/mol. The van der Waals surface area contributed by atoms with Gasteiger partial charge in [-0.05, 0) is 7.05 Å². The first kappa shape index (κ1) is 9.22. The van der Waals surface area contributed by atoms with Crippen molar-refractivity contribution in [3.63, 3.8) is 0 Å². The van der Waals surface area contributed by atoms with Crippen LogP contribution in [0.4, 0.5) is 0 Å². The molecule has 0 saturated heterocycles. The lowest BCUT2D eigenvalue weighted by Gasteiger charge is -2.22. The average molecular weight is 190 g/mol. The number of fused-ring (bicyclic) bond motifs is 1. The van der Waals surface area contributed by atoms with Gasteiger partial charge in [0.1, 0.15) is 0 Å². The smallest absolute Gasteiger partial charge is 0.0641 e. The molecule has 0 saturated carbocycles. The molecule has 74 valence electrons. The van der Waals surface area contributed by atoms with Crippen LogP contribution in [0, 0.1) is 11.3 Å². The third kappa shape index (κ3) is 1.64. The standard InChI is InChI=1S/C10H14N4/c1-13-6-3-10-9(8-13)7-12-14(10)5-2-4-11/h7H,2-3,5-6,8H2,1H3. The number of hydrogen-bond acceptors (Lipinski definition) is 3. The van der Waals surface area contributed by atoms with Crippen LogP contribution in [0.15, 0.2) is 6.20 Å². The van der Waals surface area contributed by atoms with E-state index in [2.05, 4.69) is 23.1 Å². The van der Waals surface area contributed by atoms with Crippen molar-refractivity contribution in [3.05, 3.63) is 17.5 Å². The Morgan fingerprint density at radius 3 is 3.29 bits per heavy atom. The largest absolute Gasteiger partial charge is 0.302 e. The van der Waals surface area contributed by atoms with E-state index in [1.807, 2.05) is 10.9 Å². The van der Waals surface area contributed by atoms with Gasteiger partial charge in [-0.2, -0.15) is 10.4 Å². The molecule has 1 aliphatic rings. The maximum absolute atomic E-state index is 8.51. The highest BCUT2D eigenvalue weighted by Gasteiger charge is 2.17. The van der Waals surface area contributed by atoms with E-state index in [0.717, 1.165) is 26.1 Å². The van der Waals surface area contributed by atoms with E-state index < -0.39 is 0 Å². The lowest BCUT2D eigenvalue weighted by Crippen LogP contribution is -2.27. The Labute approximate surface area is 83.7 Å². The molecular weight excluding hydrogens is 176 g/mol. The first-order valence-electron chi connectivity index (χ1n) is 4.90. The van der Waals surface area contributed by atoms with E-state index in [0.29, 0.717) is 6.42 Å². The molecule has 0 aromatic carbocycles. The zero-order valence-corrected chi connectivity index (χ0v) is 8.40. The van der Waals surface area contributed by atoms with Gasteiger partial charge in [-0.3, -0.25) is 4.68 Å². The van der Waals surface area contributed by atoms with Gasteiger partial charge in [0.2, 0.25) is 0 Å². The highest BCUT2D eigenvalue weighted by Crippen LogP contribution is 2.17. The number of aromatic nitrogens is 2. The summed E-state index contributed by atoms with van der Waals surface area (Å²) in [5, 5.41) is 12.8. The van der Waals surface area contributed by atoms with Gasteiger partial charge in [-0.15, -0.1) is 0 Å². The maximum atomic E-state index is 8.51. The van der Waals surface area contributed by atoms with E-state index in [-0.39, 0.29) is 0 Å². The summed E-state index contributed by atoms with van der Waals surface area (Å²) >= 11 is 0. The number of nitriles is 1. The molecule has 0 fully saturated rings. The molecule has 0 amide bonds. The second kappa shape index (κ2) is 3.81. The molecule has 1 aromatic rings. The number of likely N-dealkylation sites (N-methyl/N-ethyl adjacent to an activating group) is 1. The van der Waals surface area contributed by atoms with Crippen LogP contribution in [0.1, 0.15) is 17.7 Å². The summed E-state index contributed by atoms with van der Waals surface area (Å²) in [6, 6.07) is 2.15. The van der Waals surface area contributed by atoms with Crippen LogP contribution < -0.4 is 0 Å². The van der Waals surface area contributed by atoms with E-state index in [4.69, 9.17) is 5.26 Å². The Bertz CT molecular complexity index is 361. The molecular formula is C10H14N4. The zero-order chi connectivity index (χ0) is 9.97. The second-order valence-electron chi connectivity index (χ2n) is 3.74.